The standard InChI is InChI=1S/C33H38N4O4/c1-35(2)19-28-32(25-13-11-24(12-14-25)10-9-23-7-5-4-6-8-23)29-20-36(21-30(38)31(39)22-37(28)29)33(40)34-26-15-17-27(41-3)18-16-26/h4-8,11-18,28-32,38-39H,19-22H2,1-3H3,(H,34,40)/t28-,29+,30-,31+,32+/m1/s1. The van der Waals surface area contributed by atoms with Gasteiger partial charge in [-0.15, -0.1) is 0 Å². The van der Waals surface area contributed by atoms with E-state index in [-0.39, 0.29) is 30.6 Å². The number of urea groups is 1. The molecule has 0 radical (unpaired) electrons. The van der Waals surface area contributed by atoms with Crippen molar-refractivity contribution in [2.75, 3.05) is 52.7 Å². The summed E-state index contributed by atoms with van der Waals surface area (Å²) >= 11 is 0. The van der Waals surface area contributed by atoms with Crippen molar-refractivity contribution in [3.63, 3.8) is 0 Å². The molecule has 0 saturated carbocycles. The summed E-state index contributed by atoms with van der Waals surface area (Å²) in [5, 5.41) is 24.5. The third-order valence-corrected chi connectivity index (χ3v) is 7.94. The highest BCUT2D eigenvalue weighted by atomic mass is 16.5. The van der Waals surface area contributed by atoms with E-state index >= 15 is 0 Å². The first-order valence-corrected chi connectivity index (χ1v) is 14.0. The molecule has 3 aromatic carbocycles. The van der Waals surface area contributed by atoms with Gasteiger partial charge in [0.15, 0.2) is 0 Å². The van der Waals surface area contributed by atoms with E-state index in [2.05, 4.69) is 51.2 Å². The molecular formula is C33H38N4O4. The number of aliphatic hydroxyl groups is 2. The zero-order valence-corrected chi connectivity index (χ0v) is 23.8. The third kappa shape index (κ3) is 6.72. The van der Waals surface area contributed by atoms with Gasteiger partial charge in [0.05, 0.1) is 25.9 Å². The van der Waals surface area contributed by atoms with Gasteiger partial charge in [-0.3, -0.25) is 4.90 Å². The van der Waals surface area contributed by atoms with E-state index in [9.17, 15) is 15.0 Å². The Morgan fingerprint density at radius 1 is 0.902 bits per heavy atom. The van der Waals surface area contributed by atoms with Crippen LogP contribution < -0.4 is 10.1 Å². The monoisotopic (exact) mass is 554 g/mol. The quantitative estimate of drug-likeness (QED) is 0.421. The number of fused-ring (bicyclic) bond motifs is 1. The zero-order chi connectivity index (χ0) is 28.9. The summed E-state index contributed by atoms with van der Waals surface area (Å²) in [6, 6.07) is 25.2. The number of amides is 2. The maximum atomic E-state index is 13.4. The van der Waals surface area contributed by atoms with Crippen LogP contribution in [0.2, 0.25) is 0 Å². The fourth-order valence-electron chi connectivity index (χ4n) is 5.82. The van der Waals surface area contributed by atoms with E-state index in [0.29, 0.717) is 24.5 Å². The number of nitrogens with one attached hydrogen (secondary N) is 1. The van der Waals surface area contributed by atoms with Gasteiger partial charge in [0.25, 0.3) is 0 Å². The van der Waals surface area contributed by atoms with E-state index in [1.54, 1.807) is 36.3 Å². The second-order valence-corrected chi connectivity index (χ2v) is 11.1. The number of nitrogens with zero attached hydrogens (tertiary/aromatic N) is 3. The lowest BCUT2D eigenvalue weighted by Gasteiger charge is -2.59. The highest BCUT2D eigenvalue weighted by Crippen LogP contribution is 2.42. The Labute approximate surface area is 242 Å². The van der Waals surface area contributed by atoms with Crippen molar-refractivity contribution < 1.29 is 19.7 Å². The molecule has 3 aromatic rings. The zero-order valence-electron chi connectivity index (χ0n) is 23.8. The van der Waals surface area contributed by atoms with Crippen LogP contribution in [-0.2, 0) is 0 Å². The minimum absolute atomic E-state index is 0.00929. The number of likely N-dealkylation sites (N-methyl/N-ethyl adjacent to an activating group) is 1. The summed E-state index contributed by atoms with van der Waals surface area (Å²) in [5.74, 6) is 7.30. The van der Waals surface area contributed by atoms with E-state index in [4.69, 9.17) is 4.74 Å². The molecule has 0 unspecified atom stereocenters. The Balaban J connectivity index is 1.38. The summed E-state index contributed by atoms with van der Waals surface area (Å²) in [4.78, 5) is 19.4. The highest BCUT2D eigenvalue weighted by Gasteiger charge is 2.51. The summed E-state index contributed by atoms with van der Waals surface area (Å²) in [6.45, 7) is 1.62. The van der Waals surface area contributed by atoms with E-state index < -0.39 is 12.2 Å². The van der Waals surface area contributed by atoms with E-state index in [0.717, 1.165) is 17.7 Å². The van der Waals surface area contributed by atoms with Gasteiger partial charge in [-0.05, 0) is 68.2 Å². The molecule has 8 nitrogen and oxygen atoms in total. The molecule has 2 amide bonds. The number of benzene rings is 3. The molecular weight excluding hydrogens is 516 g/mol. The molecule has 214 valence electrons. The SMILES string of the molecule is COc1ccc(NC(=O)N2C[C@@H](O)[C@@H](O)CN3[C@H](CN(C)C)[C@H](c4ccc(C#Cc5ccccc5)cc4)[C@@H]3C2)cc1. The number of aliphatic hydroxyl groups excluding tert-OH is 2. The first-order valence-electron chi connectivity index (χ1n) is 14.0. The van der Waals surface area contributed by atoms with Gasteiger partial charge < -0.3 is 30.1 Å². The predicted molar refractivity (Wildman–Crippen MR) is 160 cm³/mol. The normalized spacial score (nSPS) is 24.2. The first kappa shape index (κ1) is 28.7. The molecule has 0 spiro atoms. The van der Waals surface area contributed by atoms with Crippen LogP contribution in [-0.4, -0.2) is 103 Å². The molecule has 41 heavy (non-hydrogen) atoms. The number of anilines is 1. The van der Waals surface area contributed by atoms with E-state index in [1.165, 1.54) is 5.56 Å². The minimum atomic E-state index is -1.04. The summed E-state index contributed by atoms with van der Waals surface area (Å²) in [6.07, 6.45) is -2.01. The van der Waals surface area contributed by atoms with Crippen molar-refractivity contribution in [1.82, 2.24) is 14.7 Å². The van der Waals surface area contributed by atoms with Crippen molar-refractivity contribution in [2.45, 2.75) is 30.2 Å². The van der Waals surface area contributed by atoms with Crippen molar-refractivity contribution in [3.8, 4) is 17.6 Å². The molecule has 0 aliphatic carbocycles. The number of hydrogen-bond acceptors (Lipinski definition) is 6. The molecule has 5 atom stereocenters. The van der Waals surface area contributed by atoms with Crippen LogP contribution in [0.4, 0.5) is 10.5 Å². The summed E-state index contributed by atoms with van der Waals surface area (Å²) in [5.41, 5.74) is 3.72. The van der Waals surface area contributed by atoms with Gasteiger partial charge in [-0.1, -0.05) is 42.2 Å². The number of ether oxygens (including phenoxy) is 1. The minimum Gasteiger partial charge on any atom is -0.497 e. The molecule has 3 N–H and O–H groups in total. The Hall–Kier alpha value is -3.87. The van der Waals surface area contributed by atoms with Gasteiger partial charge in [0.1, 0.15) is 5.75 Å². The van der Waals surface area contributed by atoms with Gasteiger partial charge in [0, 0.05) is 54.5 Å². The number of methoxy groups -OCH3 is 1. The fourth-order valence-corrected chi connectivity index (χ4v) is 5.82. The van der Waals surface area contributed by atoms with Crippen molar-refractivity contribution in [2.24, 2.45) is 0 Å². The number of carbonyl (C=O) groups is 1. The Kier molecular flexibility index (Phi) is 8.91. The Bertz CT molecular complexity index is 1370. The lowest BCUT2D eigenvalue weighted by Crippen LogP contribution is -2.71. The van der Waals surface area contributed by atoms with Gasteiger partial charge in [-0.2, -0.15) is 0 Å². The lowest BCUT2D eigenvalue weighted by molar-refractivity contribution is -0.105. The lowest BCUT2D eigenvalue weighted by atomic mass is 9.73. The van der Waals surface area contributed by atoms with Crippen LogP contribution >= 0.6 is 0 Å². The maximum Gasteiger partial charge on any atom is 0.321 e. The highest BCUT2D eigenvalue weighted by molar-refractivity contribution is 5.89. The average Bonchev–Trinajstić information content (AvgIpc) is 2.98. The summed E-state index contributed by atoms with van der Waals surface area (Å²) < 4.78 is 5.21. The topological polar surface area (TPSA) is 88.5 Å². The number of carbonyl (C=O) groups excluding carboxylic acids is 1. The van der Waals surface area contributed by atoms with Crippen LogP contribution in [0.25, 0.3) is 0 Å². The van der Waals surface area contributed by atoms with Crippen LogP contribution in [0.1, 0.15) is 22.6 Å². The smallest absolute Gasteiger partial charge is 0.321 e. The number of β-amino-alcohol motifs (C(OH)–C–C–N with tert-alkyl or cyclic N) is 1. The molecule has 2 fully saturated rings. The Morgan fingerprint density at radius 3 is 2.17 bits per heavy atom. The maximum absolute atomic E-state index is 13.4. The van der Waals surface area contributed by atoms with Gasteiger partial charge in [-0.25, -0.2) is 4.79 Å². The third-order valence-electron chi connectivity index (χ3n) is 7.94. The van der Waals surface area contributed by atoms with Gasteiger partial charge in [0.2, 0.25) is 0 Å². The predicted octanol–water partition coefficient (Wildman–Crippen LogP) is 3.06. The molecule has 8 heteroatoms. The summed E-state index contributed by atoms with van der Waals surface area (Å²) in [7, 11) is 5.67. The molecule has 0 aromatic heterocycles. The second kappa shape index (κ2) is 12.8. The average molecular weight is 555 g/mol. The van der Waals surface area contributed by atoms with E-state index in [1.807, 2.05) is 44.4 Å². The van der Waals surface area contributed by atoms with Crippen molar-refractivity contribution in [1.29, 1.82) is 0 Å². The number of rotatable bonds is 5. The molecule has 2 heterocycles. The first-order chi connectivity index (χ1) is 19.8. The fraction of sp³-hybridized carbons (Fsp3) is 0.364. The van der Waals surface area contributed by atoms with Crippen LogP contribution in [0.5, 0.6) is 5.75 Å². The van der Waals surface area contributed by atoms with Crippen molar-refractivity contribution >= 4 is 11.7 Å². The molecule has 5 rings (SSSR count). The van der Waals surface area contributed by atoms with Crippen molar-refractivity contribution in [3.05, 3.63) is 95.6 Å². The van der Waals surface area contributed by atoms with Gasteiger partial charge >= 0.3 is 6.03 Å². The molecule has 2 saturated heterocycles. The largest absolute Gasteiger partial charge is 0.497 e. The van der Waals surface area contributed by atoms with Crippen LogP contribution in [0, 0.1) is 11.8 Å². The molecule has 0 bridgehead atoms. The van der Waals surface area contributed by atoms with Crippen LogP contribution in [0.3, 0.4) is 0 Å². The molecule has 2 aliphatic heterocycles. The molecule has 2 aliphatic rings. The number of hydrogen-bond donors (Lipinski definition) is 3. The van der Waals surface area contributed by atoms with Crippen LogP contribution in [0.15, 0.2) is 78.9 Å². The second-order valence-electron chi connectivity index (χ2n) is 11.1. The Morgan fingerprint density at radius 2 is 1.54 bits per heavy atom.